The van der Waals surface area contributed by atoms with Crippen LogP contribution in [0.5, 0.6) is 5.75 Å². The van der Waals surface area contributed by atoms with Gasteiger partial charge in [0.05, 0.1) is 23.9 Å². The van der Waals surface area contributed by atoms with E-state index in [1.54, 1.807) is 36.1 Å². The number of aromatic nitrogens is 2. The summed E-state index contributed by atoms with van der Waals surface area (Å²) in [6.07, 6.45) is 2.85. The summed E-state index contributed by atoms with van der Waals surface area (Å²) >= 11 is 0. The maximum atomic E-state index is 13.0. The van der Waals surface area contributed by atoms with Gasteiger partial charge in [0.15, 0.2) is 0 Å². The van der Waals surface area contributed by atoms with Crippen molar-refractivity contribution in [2.24, 2.45) is 5.73 Å². The summed E-state index contributed by atoms with van der Waals surface area (Å²) in [4.78, 5) is 40.6. The molecule has 0 aliphatic carbocycles. The molecule has 1 aromatic heterocycles. The Labute approximate surface area is 190 Å². The fourth-order valence-corrected chi connectivity index (χ4v) is 4.83. The first kappa shape index (κ1) is 23.2. The largest absolute Gasteiger partial charge is 0.492 e. The number of amides is 1. The SMILES string of the molecule is C[C@]1(O)CC2(CCN(C(=O)c3cccc(OCCN)c3)CC2)OC[C@@H]1n1ccc(=O)[nH]c1=O. The summed E-state index contributed by atoms with van der Waals surface area (Å²) in [7, 11) is 0. The second-order valence-corrected chi connectivity index (χ2v) is 9.02. The minimum Gasteiger partial charge on any atom is -0.492 e. The molecular formula is C23H30N4O6. The minimum absolute atomic E-state index is 0.0803. The Kier molecular flexibility index (Phi) is 6.42. The minimum atomic E-state index is -1.22. The molecule has 4 rings (SSSR count). The highest BCUT2D eigenvalue weighted by Gasteiger charge is 2.50. The summed E-state index contributed by atoms with van der Waals surface area (Å²) in [6.45, 7) is 3.58. The molecule has 0 unspecified atom stereocenters. The van der Waals surface area contributed by atoms with Gasteiger partial charge in [-0.05, 0) is 38.0 Å². The molecule has 10 nitrogen and oxygen atoms in total. The monoisotopic (exact) mass is 458 g/mol. The normalized spacial score (nSPS) is 24.6. The van der Waals surface area contributed by atoms with Crippen molar-refractivity contribution in [3.8, 4) is 5.75 Å². The van der Waals surface area contributed by atoms with Gasteiger partial charge in [-0.2, -0.15) is 0 Å². The fourth-order valence-electron chi connectivity index (χ4n) is 4.83. The predicted octanol–water partition coefficient (Wildman–Crippen LogP) is 0.262. The number of hydrogen-bond acceptors (Lipinski definition) is 7. The zero-order valence-corrected chi connectivity index (χ0v) is 18.7. The summed E-state index contributed by atoms with van der Waals surface area (Å²) in [6, 6.07) is 7.68. The number of piperidine rings is 1. The van der Waals surface area contributed by atoms with E-state index in [0.717, 1.165) is 0 Å². The number of aliphatic hydroxyl groups is 1. The molecule has 10 heteroatoms. The number of likely N-dealkylation sites (tertiary alicyclic amines) is 1. The Morgan fingerprint density at radius 3 is 2.73 bits per heavy atom. The highest BCUT2D eigenvalue weighted by Crippen LogP contribution is 2.43. The van der Waals surface area contributed by atoms with Crippen LogP contribution in [-0.2, 0) is 4.74 Å². The first-order chi connectivity index (χ1) is 15.7. The molecule has 2 aromatic rings. The van der Waals surface area contributed by atoms with Crippen molar-refractivity contribution < 1.29 is 19.4 Å². The number of ether oxygens (including phenoxy) is 2. The summed E-state index contributed by atoms with van der Waals surface area (Å²) < 4.78 is 13.0. The molecule has 2 aliphatic rings. The van der Waals surface area contributed by atoms with Gasteiger partial charge in [0.1, 0.15) is 12.4 Å². The van der Waals surface area contributed by atoms with Crippen molar-refractivity contribution in [3.63, 3.8) is 0 Å². The van der Waals surface area contributed by atoms with E-state index in [9.17, 15) is 19.5 Å². The standard InChI is InChI=1S/C23H30N4O6/c1-22(31)15-23(33-14-18(22)27-9-5-19(28)25-21(27)30)6-10-26(11-7-23)20(29)16-3-2-4-17(13-16)32-12-8-24/h2-5,9,13,18,31H,6-8,10-12,14-15,24H2,1H3,(H,25,28,30)/t18-,22-/m0/s1. The van der Waals surface area contributed by atoms with Crippen LogP contribution in [0.3, 0.4) is 0 Å². The number of carbonyl (C=O) groups is 1. The lowest BCUT2D eigenvalue weighted by molar-refractivity contribution is -0.195. The molecule has 33 heavy (non-hydrogen) atoms. The number of aromatic amines is 1. The van der Waals surface area contributed by atoms with Crippen molar-refractivity contribution in [2.75, 3.05) is 32.8 Å². The third kappa shape index (κ3) is 4.87. The second-order valence-electron chi connectivity index (χ2n) is 9.02. The molecule has 1 spiro atoms. The van der Waals surface area contributed by atoms with Gasteiger partial charge in [-0.25, -0.2) is 4.79 Å². The molecule has 2 atom stereocenters. The van der Waals surface area contributed by atoms with Crippen LogP contribution >= 0.6 is 0 Å². The van der Waals surface area contributed by atoms with E-state index >= 15 is 0 Å². The zero-order valence-electron chi connectivity index (χ0n) is 18.7. The summed E-state index contributed by atoms with van der Waals surface area (Å²) in [5, 5.41) is 11.2. The fraction of sp³-hybridized carbons (Fsp3) is 0.522. The number of hydrogen-bond donors (Lipinski definition) is 3. The first-order valence-corrected chi connectivity index (χ1v) is 11.1. The molecule has 1 amide bonds. The molecule has 2 saturated heterocycles. The summed E-state index contributed by atoms with van der Waals surface area (Å²) in [5.41, 5.74) is 3.16. The van der Waals surface area contributed by atoms with E-state index in [4.69, 9.17) is 15.2 Å². The van der Waals surface area contributed by atoms with E-state index in [1.165, 1.54) is 16.8 Å². The number of rotatable bonds is 5. The van der Waals surface area contributed by atoms with Crippen molar-refractivity contribution >= 4 is 5.91 Å². The van der Waals surface area contributed by atoms with Crippen molar-refractivity contribution in [1.29, 1.82) is 0 Å². The van der Waals surface area contributed by atoms with Gasteiger partial charge >= 0.3 is 5.69 Å². The Morgan fingerprint density at radius 1 is 1.30 bits per heavy atom. The third-order valence-electron chi connectivity index (χ3n) is 6.56. The van der Waals surface area contributed by atoms with E-state index in [0.29, 0.717) is 56.8 Å². The molecule has 178 valence electrons. The highest BCUT2D eigenvalue weighted by atomic mass is 16.5. The smallest absolute Gasteiger partial charge is 0.328 e. The molecule has 0 saturated carbocycles. The number of carbonyl (C=O) groups excluding carboxylic acids is 1. The Balaban J connectivity index is 1.42. The highest BCUT2D eigenvalue weighted by molar-refractivity contribution is 5.94. The van der Waals surface area contributed by atoms with Crippen LogP contribution in [0.1, 0.15) is 42.6 Å². The molecule has 0 radical (unpaired) electrons. The molecule has 0 bridgehead atoms. The van der Waals surface area contributed by atoms with Crippen LogP contribution in [0.4, 0.5) is 0 Å². The molecule has 4 N–H and O–H groups in total. The number of H-pyrrole nitrogens is 1. The van der Waals surface area contributed by atoms with Crippen molar-refractivity contribution in [1.82, 2.24) is 14.5 Å². The van der Waals surface area contributed by atoms with E-state index in [1.807, 2.05) is 0 Å². The molecule has 2 fully saturated rings. The van der Waals surface area contributed by atoms with E-state index in [-0.39, 0.29) is 12.5 Å². The van der Waals surface area contributed by atoms with Crippen LogP contribution < -0.4 is 21.7 Å². The predicted molar refractivity (Wildman–Crippen MR) is 120 cm³/mol. The first-order valence-electron chi connectivity index (χ1n) is 11.1. The van der Waals surface area contributed by atoms with Gasteiger partial charge in [-0.15, -0.1) is 0 Å². The number of nitrogens with zero attached hydrogens (tertiary/aromatic N) is 2. The number of benzene rings is 1. The molecule has 3 heterocycles. The molecular weight excluding hydrogens is 428 g/mol. The summed E-state index contributed by atoms with van der Waals surface area (Å²) in [5.74, 6) is 0.526. The Bertz CT molecular complexity index is 1120. The van der Waals surface area contributed by atoms with Crippen molar-refractivity contribution in [2.45, 2.75) is 43.4 Å². The third-order valence-corrected chi connectivity index (χ3v) is 6.56. The van der Waals surface area contributed by atoms with E-state index < -0.39 is 28.5 Å². The average Bonchev–Trinajstić information content (AvgIpc) is 2.78. The van der Waals surface area contributed by atoms with Gasteiger partial charge in [0.25, 0.3) is 11.5 Å². The van der Waals surface area contributed by atoms with Gasteiger partial charge in [0.2, 0.25) is 0 Å². The molecule has 2 aliphatic heterocycles. The maximum Gasteiger partial charge on any atom is 0.328 e. The van der Waals surface area contributed by atoms with Crippen molar-refractivity contribution in [3.05, 3.63) is 62.9 Å². The lowest BCUT2D eigenvalue weighted by Crippen LogP contribution is -2.59. The topological polar surface area (TPSA) is 140 Å². The van der Waals surface area contributed by atoms with Crippen LogP contribution in [0, 0.1) is 0 Å². The molecule has 1 aromatic carbocycles. The maximum absolute atomic E-state index is 13.0. The Hall–Kier alpha value is -2.95. The van der Waals surface area contributed by atoms with Crippen LogP contribution in [0.2, 0.25) is 0 Å². The van der Waals surface area contributed by atoms with Gasteiger partial charge in [0, 0.05) is 43.9 Å². The van der Waals surface area contributed by atoms with E-state index in [2.05, 4.69) is 4.98 Å². The van der Waals surface area contributed by atoms with Gasteiger partial charge in [-0.1, -0.05) is 6.07 Å². The quantitative estimate of drug-likeness (QED) is 0.584. The number of nitrogens with two attached hydrogens (primary N) is 1. The Morgan fingerprint density at radius 2 is 2.06 bits per heavy atom. The van der Waals surface area contributed by atoms with Gasteiger partial charge in [-0.3, -0.25) is 19.1 Å². The number of nitrogens with one attached hydrogen (secondary N) is 1. The van der Waals surface area contributed by atoms with Crippen LogP contribution in [-0.4, -0.2) is 69.5 Å². The van der Waals surface area contributed by atoms with Gasteiger partial charge < -0.3 is 25.2 Å². The lowest BCUT2D eigenvalue weighted by atomic mass is 9.75. The second kappa shape index (κ2) is 9.12. The lowest BCUT2D eigenvalue weighted by Gasteiger charge is -2.51. The van der Waals surface area contributed by atoms with Crippen LogP contribution in [0.15, 0.2) is 46.1 Å². The average molecular weight is 459 g/mol. The van der Waals surface area contributed by atoms with Crippen LogP contribution in [0.25, 0.3) is 0 Å². The zero-order chi connectivity index (χ0) is 23.6.